The van der Waals surface area contributed by atoms with E-state index >= 15 is 0 Å². The Balaban J connectivity index is 1.52. The molecule has 0 bridgehead atoms. The molecule has 4 rings (SSSR count). The second-order valence-corrected chi connectivity index (χ2v) is 10.2. The van der Waals surface area contributed by atoms with E-state index in [1.54, 1.807) is 23.0 Å². The molecular weight excluding hydrogens is 439 g/mol. The van der Waals surface area contributed by atoms with Crippen LogP contribution in [0.2, 0.25) is 0 Å². The highest BCUT2D eigenvalue weighted by Crippen LogP contribution is 2.40. The largest absolute Gasteiger partial charge is 0.391 e. The fourth-order valence-electron chi connectivity index (χ4n) is 4.43. The highest BCUT2D eigenvalue weighted by Gasteiger charge is 2.45. The molecule has 180 valence electrons. The van der Waals surface area contributed by atoms with Gasteiger partial charge < -0.3 is 15.3 Å². The number of likely N-dealkylation sites (tertiary alicyclic amines) is 1. The van der Waals surface area contributed by atoms with Crippen molar-refractivity contribution in [3.8, 4) is 6.07 Å². The van der Waals surface area contributed by atoms with Gasteiger partial charge in [0.15, 0.2) is 0 Å². The number of nitriles is 1. The lowest BCUT2D eigenvalue weighted by Crippen LogP contribution is -2.50. The predicted molar refractivity (Wildman–Crippen MR) is 120 cm³/mol. The van der Waals surface area contributed by atoms with Crippen molar-refractivity contribution in [3.63, 3.8) is 0 Å². The van der Waals surface area contributed by atoms with Gasteiger partial charge in [0.1, 0.15) is 24.0 Å². The van der Waals surface area contributed by atoms with Gasteiger partial charge >= 0.3 is 0 Å². The number of hydrogen-bond acceptors (Lipinski definition) is 6. The molecule has 34 heavy (non-hydrogen) atoms. The summed E-state index contributed by atoms with van der Waals surface area (Å²) in [7, 11) is 0. The third-order valence-corrected chi connectivity index (χ3v) is 6.36. The Hall–Kier alpha value is -3.32. The molecule has 2 N–H and O–H groups in total. The summed E-state index contributed by atoms with van der Waals surface area (Å²) < 4.78 is 15.9. The van der Waals surface area contributed by atoms with Gasteiger partial charge in [-0.25, -0.2) is 9.07 Å². The number of nitrogens with zero attached hydrogens (tertiary/aromatic N) is 5. The number of aliphatic hydroxyl groups excluding tert-OH is 1. The molecule has 3 atom stereocenters. The monoisotopic (exact) mass is 468 g/mol. The van der Waals surface area contributed by atoms with Gasteiger partial charge in [0, 0.05) is 37.2 Å². The zero-order chi connectivity index (χ0) is 24.6. The summed E-state index contributed by atoms with van der Waals surface area (Å²) in [4.78, 5) is 28.1. The molecular formula is C24H29FN6O3. The third kappa shape index (κ3) is 4.80. The van der Waals surface area contributed by atoms with Crippen LogP contribution in [0.25, 0.3) is 0 Å². The first kappa shape index (κ1) is 23.8. The Morgan fingerprint density at radius 2 is 2.09 bits per heavy atom. The van der Waals surface area contributed by atoms with Crippen LogP contribution in [0.4, 0.5) is 4.39 Å². The van der Waals surface area contributed by atoms with E-state index in [-0.39, 0.29) is 36.5 Å². The third-order valence-electron chi connectivity index (χ3n) is 6.36. The first-order chi connectivity index (χ1) is 16.1. The smallest absolute Gasteiger partial charge is 0.248 e. The minimum absolute atomic E-state index is 0.0198. The molecule has 2 amide bonds. The van der Waals surface area contributed by atoms with Crippen LogP contribution >= 0.6 is 0 Å². The van der Waals surface area contributed by atoms with Crippen LogP contribution in [0.1, 0.15) is 68.8 Å². The van der Waals surface area contributed by atoms with Crippen molar-refractivity contribution in [2.24, 2.45) is 5.41 Å². The van der Waals surface area contributed by atoms with Gasteiger partial charge in [-0.2, -0.15) is 5.26 Å². The molecule has 9 nitrogen and oxygen atoms in total. The van der Waals surface area contributed by atoms with E-state index in [0.717, 1.165) is 18.5 Å². The van der Waals surface area contributed by atoms with E-state index < -0.39 is 35.3 Å². The number of benzene rings is 1. The van der Waals surface area contributed by atoms with Crippen molar-refractivity contribution in [1.82, 2.24) is 25.2 Å². The maximum atomic E-state index is 14.4. The molecule has 2 fully saturated rings. The molecule has 1 saturated carbocycles. The number of rotatable bonds is 6. The lowest BCUT2D eigenvalue weighted by atomic mass is 9.85. The van der Waals surface area contributed by atoms with Gasteiger partial charge in [0.05, 0.1) is 17.4 Å². The Morgan fingerprint density at radius 3 is 2.74 bits per heavy atom. The number of aliphatic hydroxyl groups is 1. The fraction of sp³-hybridized carbons (Fsp3) is 0.542. The number of carbonyl (C=O) groups is 2. The standard InChI is InChI=1S/C24H29FN6O3/c1-24(2,3)21(31-13-18(28-29-31)14-7-8-14)23(34)30-12-17(32)9-19(30)22(33)27-11-16-6-4-5-15(10-26)20(16)25/h4-6,13-14,17,19,21,32H,7-9,11-12H2,1-3H3,(H,27,33)/t17?,19?,21-/m1/s1. The van der Waals surface area contributed by atoms with Crippen LogP contribution in [0.5, 0.6) is 0 Å². The predicted octanol–water partition coefficient (Wildman–Crippen LogP) is 2.03. The maximum absolute atomic E-state index is 14.4. The van der Waals surface area contributed by atoms with E-state index in [0.29, 0.717) is 5.92 Å². The molecule has 2 aromatic rings. The first-order valence-electron chi connectivity index (χ1n) is 11.5. The Bertz CT molecular complexity index is 1130. The van der Waals surface area contributed by atoms with Crippen molar-refractivity contribution in [2.75, 3.05) is 6.54 Å². The number of β-amino-alcohol motifs (C(OH)–C–C–N with tert-alkyl or cyclic N) is 1. The van der Waals surface area contributed by atoms with Crippen LogP contribution in [-0.4, -0.2) is 55.5 Å². The van der Waals surface area contributed by atoms with Crippen molar-refractivity contribution >= 4 is 11.8 Å². The lowest BCUT2D eigenvalue weighted by molar-refractivity contribution is -0.144. The zero-order valence-electron chi connectivity index (χ0n) is 19.5. The SMILES string of the molecule is CC(C)(C)[C@@H](C(=O)N1CC(O)CC1C(=O)NCc1cccc(C#N)c1F)n1cc(C2CC2)nn1. The number of amides is 2. The van der Waals surface area contributed by atoms with Crippen LogP contribution < -0.4 is 5.32 Å². The number of aromatic nitrogens is 3. The second-order valence-electron chi connectivity index (χ2n) is 10.2. The number of hydrogen-bond donors (Lipinski definition) is 2. The molecule has 0 radical (unpaired) electrons. The number of carbonyl (C=O) groups excluding carboxylic acids is 2. The zero-order valence-corrected chi connectivity index (χ0v) is 19.5. The molecule has 1 aromatic carbocycles. The molecule has 1 aliphatic carbocycles. The van der Waals surface area contributed by atoms with E-state index in [1.807, 2.05) is 20.8 Å². The molecule has 2 aliphatic rings. The van der Waals surface area contributed by atoms with Crippen molar-refractivity contribution < 1.29 is 19.1 Å². The van der Waals surface area contributed by atoms with E-state index in [4.69, 9.17) is 5.26 Å². The second kappa shape index (κ2) is 9.14. The van der Waals surface area contributed by atoms with Gasteiger partial charge in [-0.15, -0.1) is 5.10 Å². The van der Waals surface area contributed by atoms with Crippen LogP contribution in [-0.2, 0) is 16.1 Å². The summed E-state index contributed by atoms with van der Waals surface area (Å²) in [5.41, 5.74) is 0.401. The lowest BCUT2D eigenvalue weighted by Gasteiger charge is -2.34. The van der Waals surface area contributed by atoms with Gasteiger partial charge in [0.2, 0.25) is 11.8 Å². The summed E-state index contributed by atoms with van der Waals surface area (Å²) in [5.74, 6) is -1.11. The molecule has 1 aromatic heterocycles. The Morgan fingerprint density at radius 1 is 1.35 bits per heavy atom. The van der Waals surface area contributed by atoms with Crippen molar-refractivity contribution in [2.45, 2.75) is 70.7 Å². The highest BCUT2D eigenvalue weighted by atomic mass is 19.1. The Labute approximate surface area is 197 Å². The summed E-state index contributed by atoms with van der Waals surface area (Å²) in [5, 5.41) is 30.4. The van der Waals surface area contributed by atoms with Crippen LogP contribution in [0, 0.1) is 22.6 Å². The van der Waals surface area contributed by atoms with Crippen molar-refractivity contribution in [3.05, 3.63) is 47.0 Å². The normalized spacial score (nSPS) is 21.2. The summed E-state index contributed by atoms with van der Waals surface area (Å²) in [6.45, 7) is 5.64. The molecule has 10 heteroatoms. The topological polar surface area (TPSA) is 124 Å². The number of halogens is 1. The summed E-state index contributed by atoms with van der Waals surface area (Å²) in [6, 6.07) is 4.55. The summed E-state index contributed by atoms with van der Waals surface area (Å²) in [6.07, 6.45) is 3.16. The Kier molecular flexibility index (Phi) is 6.41. The van der Waals surface area contributed by atoms with E-state index in [1.165, 1.54) is 17.0 Å². The molecule has 2 heterocycles. The fourth-order valence-corrected chi connectivity index (χ4v) is 4.43. The highest BCUT2D eigenvalue weighted by molar-refractivity contribution is 5.90. The quantitative estimate of drug-likeness (QED) is 0.669. The molecule has 2 unspecified atom stereocenters. The molecule has 1 aliphatic heterocycles. The molecule has 0 spiro atoms. The minimum atomic E-state index is -0.902. The van der Waals surface area contributed by atoms with Gasteiger partial charge in [-0.05, 0) is 24.3 Å². The van der Waals surface area contributed by atoms with Crippen LogP contribution in [0.15, 0.2) is 24.4 Å². The molecule has 1 saturated heterocycles. The van der Waals surface area contributed by atoms with E-state index in [2.05, 4.69) is 15.6 Å². The van der Waals surface area contributed by atoms with Gasteiger partial charge in [-0.1, -0.05) is 38.1 Å². The minimum Gasteiger partial charge on any atom is -0.391 e. The average Bonchev–Trinajstić information content (AvgIpc) is 3.39. The van der Waals surface area contributed by atoms with Crippen molar-refractivity contribution in [1.29, 1.82) is 5.26 Å². The first-order valence-corrected chi connectivity index (χ1v) is 11.5. The summed E-state index contributed by atoms with van der Waals surface area (Å²) >= 11 is 0. The average molecular weight is 469 g/mol. The maximum Gasteiger partial charge on any atom is 0.248 e. The van der Waals surface area contributed by atoms with Gasteiger partial charge in [0.25, 0.3) is 0 Å². The van der Waals surface area contributed by atoms with Gasteiger partial charge in [-0.3, -0.25) is 9.59 Å². The number of nitrogens with one attached hydrogen (secondary N) is 1. The van der Waals surface area contributed by atoms with Crippen LogP contribution in [0.3, 0.4) is 0 Å². The van der Waals surface area contributed by atoms with E-state index in [9.17, 15) is 19.1 Å².